The van der Waals surface area contributed by atoms with Crippen molar-refractivity contribution in [3.05, 3.63) is 0 Å². The van der Waals surface area contributed by atoms with E-state index in [4.69, 9.17) is 4.74 Å². The third-order valence-electron chi connectivity index (χ3n) is 4.47. The Morgan fingerprint density at radius 1 is 1.42 bits per heavy atom. The maximum Gasteiger partial charge on any atom is 0.246 e. The van der Waals surface area contributed by atoms with Gasteiger partial charge in [-0.2, -0.15) is 0 Å². The van der Waals surface area contributed by atoms with Crippen LogP contribution in [-0.4, -0.2) is 37.7 Å². The molecule has 2 atom stereocenters. The molecule has 2 aliphatic rings. The highest BCUT2D eigenvalue weighted by molar-refractivity contribution is 5.77. The largest absolute Gasteiger partial charge is 0.363 e. The first-order chi connectivity index (χ1) is 9.07. The Morgan fingerprint density at radius 2 is 2.21 bits per heavy atom. The van der Waals surface area contributed by atoms with E-state index in [1.807, 2.05) is 6.92 Å². The van der Waals surface area contributed by atoms with Crippen LogP contribution in [-0.2, 0) is 9.53 Å². The highest BCUT2D eigenvalue weighted by atomic mass is 16.5. The standard InChI is InChI=1S/C15H28N2O2/c1-12-4-3-5-13(8-12)6-7-17-14(18)9-19-15(2)10-16-11-15/h12-13,16H,3-11H2,1-2H3,(H,17,18). The molecular formula is C15H28N2O2. The zero-order chi connectivity index (χ0) is 13.7. The molecule has 4 heteroatoms. The summed E-state index contributed by atoms with van der Waals surface area (Å²) in [4.78, 5) is 11.7. The summed E-state index contributed by atoms with van der Waals surface area (Å²) in [5.74, 6) is 1.69. The number of rotatable bonds is 6. The van der Waals surface area contributed by atoms with Crippen molar-refractivity contribution in [3.8, 4) is 0 Å². The van der Waals surface area contributed by atoms with Gasteiger partial charge in [0, 0.05) is 19.6 Å². The van der Waals surface area contributed by atoms with Crippen molar-refractivity contribution in [2.24, 2.45) is 11.8 Å². The SMILES string of the molecule is CC1CCCC(CCNC(=O)COC2(C)CNC2)C1. The van der Waals surface area contributed by atoms with Gasteiger partial charge in [-0.25, -0.2) is 0 Å². The fraction of sp³-hybridized carbons (Fsp3) is 0.933. The van der Waals surface area contributed by atoms with Crippen LogP contribution in [0.25, 0.3) is 0 Å². The predicted molar refractivity (Wildman–Crippen MR) is 76.0 cm³/mol. The molecule has 0 aromatic heterocycles. The van der Waals surface area contributed by atoms with Gasteiger partial charge in [-0.1, -0.05) is 26.2 Å². The van der Waals surface area contributed by atoms with Gasteiger partial charge >= 0.3 is 0 Å². The molecule has 4 nitrogen and oxygen atoms in total. The van der Waals surface area contributed by atoms with Crippen LogP contribution < -0.4 is 10.6 Å². The van der Waals surface area contributed by atoms with Crippen molar-refractivity contribution in [3.63, 3.8) is 0 Å². The second-order valence-corrected chi connectivity index (χ2v) is 6.62. The molecule has 0 aromatic rings. The summed E-state index contributed by atoms with van der Waals surface area (Å²) >= 11 is 0. The zero-order valence-electron chi connectivity index (χ0n) is 12.3. The topological polar surface area (TPSA) is 50.4 Å². The lowest BCUT2D eigenvalue weighted by molar-refractivity contribution is -0.135. The molecule has 1 heterocycles. The molecule has 2 N–H and O–H groups in total. The average molecular weight is 268 g/mol. The molecule has 0 radical (unpaired) electrons. The van der Waals surface area contributed by atoms with Crippen LogP contribution in [0.5, 0.6) is 0 Å². The fourth-order valence-electron chi connectivity index (χ4n) is 3.11. The average Bonchev–Trinajstić information content (AvgIpc) is 2.34. The van der Waals surface area contributed by atoms with Crippen molar-refractivity contribution >= 4 is 5.91 Å². The lowest BCUT2D eigenvalue weighted by atomic mass is 9.81. The van der Waals surface area contributed by atoms with Crippen molar-refractivity contribution in [2.45, 2.75) is 51.6 Å². The number of carbonyl (C=O) groups is 1. The van der Waals surface area contributed by atoms with Crippen molar-refractivity contribution < 1.29 is 9.53 Å². The van der Waals surface area contributed by atoms with Crippen LogP contribution in [0.4, 0.5) is 0 Å². The normalized spacial score (nSPS) is 29.6. The van der Waals surface area contributed by atoms with Gasteiger partial charge in [-0.15, -0.1) is 0 Å². The molecule has 2 fully saturated rings. The van der Waals surface area contributed by atoms with Gasteiger partial charge in [0.15, 0.2) is 0 Å². The van der Waals surface area contributed by atoms with E-state index in [-0.39, 0.29) is 18.1 Å². The molecule has 2 rings (SSSR count). The number of ether oxygens (including phenoxy) is 1. The van der Waals surface area contributed by atoms with Crippen molar-refractivity contribution in [1.82, 2.24) is 10.6 Å². The highest BCUT2D eigenvalue weighted by Crippen LogP contribution is 2.30. The second-order valence-electron chi connectivity index (χ2n) is 6.62. The minimum absolute atomic E-state index is 0.0250. The van der Waals surface area contributed by atoms with Gasteiger partial charge in [-0.3, -0.25) is 4.79 Å². The number of hydrogen-bond donors (Lipinski definition) is 2. The van der Waals surface area contributed by atoms with Gasteiger partial charge in [0.2, 0.25) is 5.91 Å². The Morgan fingerprint density at radius 3 is 2.84 bits per heavy atom. The maximum absolute atomic E-state index is 11.7. The predicted octanol–water partition coefficient (Wildman–Crippen LogP) is 1.70. The van der Waals surface area contributed by atoms with Gasteiger partial charge in [0.1, 0.15) is 6.61 Å². The van der Waals surface area contributed by atoms with E-state index in [2.05, 4.69) is 17.6 Å². The smallest absolute Gasteiger partial charge is 0.246 e. The van der Waals surface area contributed by atoms with Crippen LogP contribution in [0.1, 0.15) is 46.0 Å². The lowest BCUT2D eigenvalue weighted by Crippen LogP contribution is -2.59. The van der Waals surface area contributed by atoms with Crippen LogP contribution in [0.15, 0.2) is 0 Å². The molecule has 110 valence electrons. The molecule has 19 heavy (non-hydrogen) atoms. The Kier molecular flexibility index (Phi) is 5.22. The molecular weight excluding hydrogens is 240 g/mol. The third-order valence-corrected chi connectivity index (χ3v) is 4.47. The van der Waals surface area contributed by atoms with Crippen molar-refractivity contribution in [2.75, 3.05) is 26.2 Å². The summed E-state index contributed by atoms with van der Waals surface area (Å²) in [5.41, 5.74) is -0.129. The number of amides is 1. The van der Waals surface area contributed by atoms with Gasteiger partial charge in [0.05, 0.1) is 5.60 Å². The van der Waals surface area contributed by atoms with Gasteiger partial charge in [-0.05, 0) is 31.6 Å². The monoisotopic (exact) mass is 268 g/mol. The molecule has 2 unspecified atom stereocenters. The van der Waals surface area contributed by atoms with E-state index in [9.17, 15) is 4.79 Å². The molecule has 0 aromatic carbocycles. The Labute approximate surface area is 116 Å². The quantitative estimate of drug-likeness (QED) is 0.771. The van der Waals surface area contributed by atoms with Crippen LogP contribution >= 0.6 is 0 Å². The molecule has 0 spiro atoms. The van der Waals surface area contributed by atoms with E-state index >= 15 is 0 Å². The molecule has 1 aliphatic carbocycles. The first-order valence-electron chi connectivity index (χ1n) is 7.69. The van der Waals surface area contributed by atoms with E-state index in [0.29, 0.717) is 0 Å². The Bertz CT molecular complexity index is 303. The number of nitrogens with one attached hydrogen (secondary N) is 2. The van der Waals surface area contributed by atoms with E-state index in [1.54, 1.807) is 0 Å². The Hall–Kier alpha value is -0.610. The highest BCUT2D eigenvalue weighted by Gasteiger charge is 2.32. The zero-order valence-corrected chi connectivity index (χ0v) is 12.3. The summed E-state index contributed by atoms with van der Waals surface area (Å²) < 4.78 is 5.61. The molecule has 0 bridgehead atoms. The first-order valence-corrected chi connectivity index (χ1v) is 7.69. The molecule has 1 saturated heterocycles. The number of carbonyl (C=O) groups excluding carboxylic acids is 1. The fourth-order valence-corrected chi connectivity index (χ4v) is 3.11. The molecule has 1 saturated carbocycles. The lowest BCUT2D eigenvalue weighted by Gasteiger charge is -2.38. The summed E-state index contributed by atoms with van der Waals surface area (Å²) in [6.45, 7) is 7.07. The first kappa shape index (κ1) is 14.8. The third kappa shape index (κ3) is 4.77. The minimum atomic E-state index is -0.129. The van der Waals surface area contributed by atoms with Gasteiger partial charge < -0.3 is 15.4 Å². The number of hydrogen-bond acceptors (Lipinski definition) is 3. The minimum Gasteiger partial charge on any atom is -0.363 e. The van der Waals surface area contributed by atoms with Crippen LogP contribution in [0.3, 0.4) is 0 Å². The summed E-state index contributed by atoms with van der Waals surface area (Å²) in [7, 11) is 0. The summed E-state index contributed by atoms with van der Waals surface area (Å²) in [6, 6.07) is 0. The van der Waals surface area contributed by atoms with E-state index < -0.39 is 0 Å². The van der Waals surface area contributed by atoms with Crippen molar-refractivity contribution in [1.29, 1.82) is 0 Å². The Balaban J connectivity index is 1.53. The summed E-state index contributed by atoms with van der Waals surface area (Å²) in [6.07, 6.45) is 6.52. The van der Waals surface area contributed by atoms with Gasteiger partial charge in [0.25, 0.3) is 0 Å². The second kappa shape index (κ2) is 6.71. The molecule has 1 aliphatic heterocycles. The van der Waals surface area contributed by atoms with E-state index in [1.165, 1.54) is 25.7 Å². The van der Waals surface area contributed by atoms with E-state index in [0.717, 1.165) is 37.9 Å². The summed E-state index contributed by atoms with van der Waals surface area (Å²) in [5, 5.41) is 6.14. The maximum atomic E-state index is 11.7. The van der Waals surface area contributed by atoms with Crippen LogP contribution in [0, 0.1) is 11.8 Å². The molecule has 1 amide bonds. The van der Waals surface area contributed by atoms with Crippen LogP contribution in [0.2, 0.25) is 0 Å².